The molecule has 15 heavy (non-hydrogen) atoms. The number of benzene rings is 1. The minimum Gasteiger partial charge on any atom is -0.294 e. The molecule has 0 fully saturated rings. The Hall–Kier alpha value is -1.41. The van der Waals surface area contributed by atoms with Crippen molar-refractivity contribution in [3.05, 3.63) is 46.2 Å². The number of rotatable bonds is 1. The highest BCUT2D eigenvalue weighted by atomic mass is 32.1. The molecule has 3 rings (SSSR count). The van der Waals surface area contributed by atoms with Crippen LogP contribution in [-0.4, -0.2) is 5.78 Å². The lowest BCUT2D eigenvalue weighted by atomic mass is 9.99. The van der Waals surface area contributed by atoms with Crippen LogP contribution in [0, 0.1) is 0 Å². The van der Waals surface area contributed by atoms with Crippen molar-refractivity contribution in [3.8, 4) is 11.1 Å². The summed E-state index contributed by atoms with van der Waals surface area (Å²) in [6, 6.07) is 8.15. The number of carbonyl (C=O) groups is 1. The normalized spacial score (nSPS) is 14.3. The molecule has 1 aliphatic carbocycles. The smallest absolute Gasteiger partial charge is 0.163 e. The molecule has 0 radical (unpaired) electrons. The molecule has 0 saturated heterocycles. The molecule has 0 aliphatic heterocycles. The molecule has 1 heterocycles. The van der Waals surface area contributed by atoms with E-state index in [1.54, 1.807) is 11.3 Å². The lowest BCUT2D eigenvalue weighted by Gasteiger charge is -2.04. The molecule has 0 bridgehead atoms. The van der Waals surface area contributed by atoms with Crippen LogP contribution < -0.4 is 0 Å². The van der Waals surface area contributed by atoms with Crippen molar-refractivity contribution in [2.75, 3.05) is 0 Å². The Kier molecular flexibility index (Phi) is 1.96. The van der Waals surface area contributed by atoms with Gasteiger partial charge in [0.2, 0.25) is 0 Å². The number of fused-ring (bicyclic) bond motifs is 1. The fraction of sp³-hybridized carbons (Fsp3) is 0.154. The lowest BCUT2D eigenvalue weighted by Crippen LogP contribution is -1.91. The van der Waals surface area contributed by atoms with Crippen molar-refractivity contribution in [2.45, 2.75) is 12.8 Å². The fourth-order valence-electron chi connectivity index (χ4n) is 2.18. The molecular formula is C13H10OS. The Morgan fingerprint density at radius 1 is 1.07 bits per heavy atom. The standard InChI is InChI=1S/C13H10OS/c14-13-5-4-11-10(2-1-3-12(11)13)9-6-7-15-8-9/h1-3,6-8H,4-5H2. The Labute approximate surface area is 92.4 Å². The second-order valence-electron chi connectivity index (χ2n) is 3.77. The average Bonchev–Trinajstić information content (AvgIpc) is 2.88. The van der Waals surface area contributed by atoms with Gasteiger partial charge in [0.25, 0.3) is 0 Å². The van der Waals surface area contributed by atoms with Crippen LogP contribution >= 0.6 is 11.3 Å². The Balaban J connectivity index is 2.23. The van der Waals surface area contributed by atoms with Crippen LogP contribution in [0.4, 0.5) is 0 Å². The Morgan fingerprint density at radius 3 is 2.73 bits per heavy atom. The van der Waals surface area contributed by atoms with Gasteiger partial charge in [-0.3, -0.25) is 4.79 Å². The number of thiophene rings is 1. The van der Waals surface area contributed by atoms with Crippen molar-refractivity contribution in [3.63, 3.8) is 0 Å². The topological polar surface area (TPSA) is 17.1 Å². The summed E-state index contributed by atoms with van der Waals surface area (Å²) in [5.41, 5.74) is 4.64. The predicted octanol–water partition coefficient (Wildman–Crippen LogP) is 3.54. The minimum atomic E-state index is 0.294. The number of ketones is 1. The van der Waals surface area contributed by atoms with Gasteiger partial charge in [-0.2, -0.15) is 11.3 Å². The first kappa shape index (κ1) is 8.86. The molecule has 0 unspecified atom stereocenters. The first-order chi connectivity index (χ1) is 7.36. The summed E-state index contributed by atoms with van der Waals surface area (Å²) in [5.74, 6) is 0.294. The van der Waals surface area contributed by atoms with E-state index in [1.165, 1.54) is 16.7 Å². The first-order valence-corrected chi connectivity index (χ1v) is 5.98. The largest absolute Gasteiger partial charge is 0.294 e. The van der Waals surface area contributed by atoms with Gasteiger partial charge in [-0.1, -0.05) is 18.2 Å². The fourth-order valence-corrected chi connectivity index (χ4v) is 2.83. The van der Waals surface area contributed by atoms with E-state index in [0.717, 1.165) is 12.0 Å². The summed E-state index contributed by atoms with van der Waals surface area (Å²) in [6.07, 6.45) is 1.58. The number of carbonyl (C=O) groups excluding carboxylic acids is 1. The van der Waals surface area contributed by atoms with Crippen LogP contribution in [0.3, 0.4) is 0 Å². The highest BCUT2D eigenvalue weighted by molar-refractivity contribution is 7.08. The molecule has 1 aromatic heterocycles. The SMILES string of the molecule is O=C1CCc2c1cccc2-c1ccsc1. The average molecular weight is 214 g/mol. The molecule has 0 amide bonds. The summed E-state index contributed by atoms with van der Waals surface area (Å²) < 4.78 is 0. The third kappa shape index (κ3) is 1.33. The molecule has 2 aromatic rings. The number of hydrogen-bond acceptors (Lipinski definition) is 2. The van der Waals surface area contributed by atoms with Crippen LogP contribution in [-0.2, 0) is 6.42 Å². The van der Waals surface area contributed by atoms with E-state index in [1.807, 2.05) is 12.1 Å². The second-order valence-corrected chi connectivity index (χ2v) is 4.55. The summed E-state index contributed by atoms with van der Waals surface area (Å²) in [7, 11) is 0. The van der Waals surface area contributed by atoms with Crippen molar-refractivity contribution < 1.29 is 4.79 Å². The van der Waals surface area contributed by atoms with Gasteiger partial charge in [0, 0.05) is 12.0 Å². The Morgan fingerprint density at radius 2 is 1.93 bits per heavy atom. The first-order valence-electron chi connectivity index (χ1n) is 5.04. The van der Waals surface area contributed by atoms with Crippen molar-refractivity contribution in [1.82, 2.24) is 0 Å². The third-order valence-electron chi connectivity index (χ3n) is 2.91. The monoisotopic (exact) mass is 214 g/mol. The highest BCUT2D eigenvalue weighted by Gasteiger charge is 2.22. The van der Waals surface area contributed by atoms with Gasteiger partial charge in [0.05, 0.1) is 0 Å². The molecule has 2 heteroatoms. The minimum absolute atomic E-state index is 0.294. The van der Waals surface area contributed by atoms with Gasteiger partial charge in [-0.15, -0.1) is 0 Å². The summed E-state index contributed by atoms with van der Waals surface area (Å²) >= 11 is 1.70. The third-order valence-corrected chi connectivity index (χ3v) is 3.59. The molecule has 0 spiro atoms. The summed E-state index contributed by atoms with van der Waals surface area (Å²) in [4.78, 5) is 11.6. The summed E-state index contributed by atoms with van der Waals surface area (Å²) in [6.45, 7) is 0. The van der Waals surface area contributed by atoms with Gasteiger partial charge in [-0.25, -0.2) is 0 Å². The van der Waals surface area contributed by atoms with E-state index < -0.39 is 0 Å². The van der Waals surface area contributed by atoms with E-state index in [-0.39, 0.29) is 0 Å². The maximum Gasteiger partial charge on any atom is 0.163 e. The van der Waals surface area contributed by atoms with Crippen molar-refractivity contribution in [2.24, 2.45) is 0 Å². The van der Waals surface area contributed by atoms with Gasteiger partial charge in [0.1, 0.15) is 0 Å². The van der Waals surface area contributed by atoms with Crippen LogP contribution in [0.1, 0.15) is 22.3 Å². The van der Waals surface area contributed by atoms with E-state index >= 15 is 0 Å². The van der Waals surface area contributed by atoms with E-state index in [4.69, 9.17) is 0 Å². The maximum atomic E-state index is 11.6. The van der Waals surface area contributed by atoms with Gasteiger partial charge in [-0.05, 0) is 39.9 Å². The molecule has 1 nitrogen and oxygen atoms in total. The molecule has 0 N–H and O–H groups in total. The lowest BCUT2D eigenvalue weighted by molar-refractivity contribution is 0.0994. The van der Waals surface area contributed by atoms with Crippen LogP contribution in [0.2, 0.25) is 0 Å². The van der Waals surface area contributed by atoms with E-state index in [9.17, 15) is 4.79 Å². The highest BCUT2D eigenvalue weighted by Crippen LogP contribution is 2.33. The van der Waals surface area contributed by atoms with Crippen LogP contribution in [0.15, 0.2) is 35.0 Å². The zero-order valence-electron chi connectivity index (χ0n) is 8.19. The van der Waals surface area contributed by atoms with Crippen LogP contribution in [0.5, 0.6) is 0 Å². The maximum absolute atomic E-state index is 11.6. The Bertz CT molecular complexity index is 511. The predicted molar refractivity (Wildman–Crippen MR) is 62.4 cm³/mol. The molecule has 1 aliphatic rings. The second kappa shape index (κ2) is 3.31. The van der Waals surface area contributed by atoms with Gasteiger partial charge >= 0.3 is 0 Å². The molecule has 0 saturated carbocycles. The number of Topliss-reactive ketones (excluding diaryl/α,β-unsaturated/α-hetero) is 1. The van der Waals surface area contributed by atoms with Gasteiger partial charge in [0.15, 0.2) is 5.78 Å². The van der Waals surface area contributed by atoms with Crippen molar-refractivity contribution in [1.29, 1.82) is 0 Å². The zero-order chi connectivity index (χ0) is 10.3. The van der Waals surface area contributed by atoms with E-state index in [2.05, 4.69) is 22.9 Å². The molecule has 0 atom stereocenters. The molecule has 74 valence electrons. The van der Waals surface area contributed by atoms with Crippen molar-refractivity contribution >= 4 is 17.1 Å². The summed E-state index contributed by atoms with van der Waals surface area (Å²) in [5, 5.41) is 4.21. The zero-order valence-corrected chi connectivity index (χ0v) is 9.01. The molecule has 1 aromatic carbocycles. The van der Waals surface area contributed by atoms with E-state index in [0.29, 0.717) is 12.2 Å². The molecular weight excluding hydrogens is 204 g/mol. The van der Waals surface area contributed by atoms with Gasteiger partial charge < -0.3 is 0 Å². The van der Waals surface area contributed by atoms with Crippen LogP contribution in [0.25, 0.3) is 11.1 Å². The quantitative estimate of drug-likeness (QED) is 0.709. The number of hydrogen-bond donors (Lipinski definition) is 0.